The fraction of sp³-hybridized carbons (Fsp3) is 0.143. The van der Waals surface area contributed by atoms with Gasteiger partial charge in [-0.05, 0) is 31.2 Å². The first-order valence-electron chi connectivity index (χ1n) is 5.58. The molecule has 94 valence electrons. The van der Waals surface area contributed by atoms with Crippen LogP contribution in [0, 0.1) is 6.92 Å². The van der Waals surface area contributed by atoms with Crippen molar-refractivity contribution < 1.29 is 8.95 Å². The van der Waals surface area contributed by atoms with Gasteiger partial charge >= 0.3 is 0 Å². The monoisotopic (exact) mass is 261 g/mol. The van der Waals surface area contributed by atoms with Crippen molar-refractivity contribution in [2.75, 3.05) is 11.8 Å². The number of ether oxygens (including phenoxy) is 1. The lowest BCUT2D eigenvalue weighted by atomic mass is 10.2. The van der Waals surface area contributed by atoms with Crippen LogP contribution < -0.4 is 9.46 Å². The van der Waals surface area contributed by atoms with Gasteiger partial charge in [-0.25, -0.2) is 4.21 Å². The van der Waals surface area contributed by atoms with Gasteiger partial charge < -0.3 is 9.46 Å². The maximum absolute atomic E-state index is 12.1. The largest absolute Gasteiger partial charge is 0.497 e. The van der Waals surface area contributed by atoms with E-state index in [1.54, 1.807) is 7.11 Å². The molecule has 0 spiro atoms. The first kappa shape index (κ1) is 12.6. The lowest BCUT2D eigenvalue weighted by Gasteiger charge is -2.07. The van der Waals surface area contributed by atoms with E-state index in [1.807, 2.05) is 55.5 Å². The van der Waals surface area contributed by atoms with Crippen molar-refractivity contribution in [1.82, 2.24) is 0 Å². The zero-order valence-corrected chi connectivity index (χ0v) is 11.2. The van der Waals surface area contributed by atoms with Gasteiger partial charge in [0, 0.05) is 6.07 Å². The fourth-order valence-corrected chi connectivity index (χ4v) is 2.36. The second kappa shape index (κ2) is 5.69. The average molecular weight is 261 g/mol. The summed E-state index contributed by atoms with van der Waals surface area (Å²) in [5.74, 6) is 0.737. The van der Waals surface area contributed by atoms with Crippen LogP contribution in [0.15, 0.2) is 53.4 Å². The van der Waals surface area contributed by atoms with Gasteiger partial charge in [0.25, 0.3) is 0 Å². The fourth-order valence-electron chi connectivity index (χ4n) is 1.51. The van der Waals surface area contributed by atoms with Crippen LogP contribution in [0.5, 0.6) is 5.75 Å². The Labute approximate surface area is 109 Å². The topological polar surface area (TPSA) is 38.3 Å². The molecule has 0 aliphatic carbocycles. The van der Waals surface area contributed by atoms with Crippen LogP contribution in [0.25, 0.3) is 0 Å². The molecule has 0 radical (unpaired) electrons. The standard InChI is InChI=1S/C14H15NO2S/c1-11-6-8-14(9-7-11)18(16)15-12-4-3-5-13(10-12)17-2/h3-10,15H,1-2H3. The minimum absolute atomic E-state index is 0.737. The van der Waals surface area contributed by atoms with E-state index >= 15 is 0 Å². The van der Waals surface area contributed by atoms with Gasteiger partial charge in [0.05, 0.1) is 17.7 Å². The van der Waals surface area contributed by atoms with Crippen LogP contribution in [0.1, 0.15) is 5.56 Å². The first-order valence-corrected chi connectivity index (χ1v) is 6.73. The number of benzene rings is 2. The Morgan fingerprint density at radius 3 is 2.50 bits per heavy atom. The lowest BCUT2D eigenvalue weighted by Crippen LogP contribution is -2.04. The summed E-state index contributed by atoms with van der Waals surface area (Å²) in [7, 11) is 0.349. The summed E-state index contributed by atoms with van der Waals surface area (Å²) >= 11 is 0. The van der Waals surface area contributed by atoms with Crippen molar-refractivity contribution in [3.63, 3.8) is 0 Å². The predicted molar refractivity (Wildman–Crippen MR) is 74.2 cm³/mol. The average Bonchev–Trinajstić information content (AvgIpc) is 2.39. The minimum Gasteiger partial charge on any atom is -0.497 e. The number of anilines is 1. The van der Waals surface area contributed by atoms with Crippen molar-refractivity contribution in [3.05, 3.63) is 54.1 Å². The Bertz CT molecular complexity index is 552. The molecular weight excluding hydrogens is 246 g/mol. The molecule has 1 unspecified atom stereocenters. The molecule has 0 aliphatic rings. The van der Waals surface area contributed by atoms with Gasteiger partial charge in [0.1, 0.15) is 16.7 Å². The summed E-state index contributed by atoms with van der Waals surface area (Å²) in [6.07, 6.45) is 0. The van der Waals surface area contributed by atoms with Crippen LogP contribution in [0.3, 0.4) is 0 Å². The van der Waals surface area contributed by atoms with Gasteiger partial charge in [-0.1, -0.05) is 23.8 Å². The number of methoxy groups -OCH3 is 1. The predicted octanol–water partition coefficient (Wildman–Crippen LogP) is 3.14. The third-order valence-electron chi connectivity index (χ3n) is 2.52. The normalized spacial score (nSPS) is 11.9. The third-order valence-corrected chi connectivity index (χ3v) is 3.64. The molecule has 1 N–H and O–H groups in total. The zero-order chi connectivity index (χ0) is 13.0. The number of rotatable bonds is 4. The van der Waals surface area contributed by atoms with E-state index in [-0.39, 0.29) is 0 Å². The molecule has 2 rings (SSSR count). The second-order valence-electron chi connectivity index (χ2n) is 3.92. The Kier molecular flexibility index (Phi) is 3.99. The van der Waals surface area contributed by atoms with Crippen molar-refractivity contribution in [1.29, 1.82) is 0 Å². The molecule has 0 aromatic heterocycles. The molecular formula is C14H15NO2S. The van der Waals surface area contributed by atoms with Crippen LogP contribution in [-0.2, 0) is 11.0 Å². The summed E-state index contributed by atoms with van der Waals surface area (Å²) in [5.41, 5.74) is 1.92. The van der Waals surface area contributed by atoms with Gasteiger partial charge in [-0.15, -0.1) is 0 Å². The summed E-state index contributed by atoms with van der Waals surface area (Å²) < 4.78 is 20.1. The summed E-state index contributed by atoms with van der Waals surface area (Å²) in [6.45, 7) is 2.00. The number of aryl methyl sites for hydroxylation is 1. The molecule has 0 saturated carbocycles. The van der Waals surface area contributed by atoms with E-state index in [0.29, 0.717) is 0 Å². The summed E-state index contributed by atoms with van der Waals surface area (Å²) in [4.78, 5) is 0.753. The highest BCUT2D eigenvalue weighted by Crippen LogP contribution is 2.19. The molecule has 0 aliphatic heterocycles. The molecule has 18 heavy (non-hydrogen) atoms. The number of nitrogens with one attached hydrogen (secondary N) is 1. The quantitative estimate of drug-likeness (QED) is 0.918. The van der Waals surface area contributed by atoms with Gasteiger partial charge in [0.2, 0.25) is 0 Å². The van der Waals surface area contributed by atoms with Crippen molar-refractivity contribution >= 4 is 16.7 Å². The van der Waals surface area contributed by atoms with E-state index in [4.69, 9.17) is 4.74 Å². The Balaban J connectivity index is 2.13. The molecule has 4 heteroatoms. The van der Waals surface area contributed by atoms with E-state index in [9.17, 15) is 4.21 Å². The lowest BCUT2D eigenvalue weighted by molar-refractivity contribution is 0.415. The molecule has 2 aromatic carbocycles. The minimum atomic E-state index is -1.26. The van der Waals surface area contributed by atoms with E-state index in [2.05, 4.69) is 4.72 Å². The van der Waals surface area contributed by atoms with Crippen LogP contribution in [-0.4, -0.2) is 11.3 Å². The number of hydrogen-bond donors (Lipinski definition) is 1. The molecule has 0 bridgehead atoms. The molecule has 3 nitrogen and oxygen atoms in total. The van der Waals surface area contributed by atoms with Crippen molar-refractivity contribution in [2.24, 2.45) is 0 Å². The highest BCUT2D eigenvalue weighted by Gasteiger charge is 2.04. The molecule has 0 amide bonds. The molecule has 0 fully saturated rings. The molecule has 1 atom stereocenters. The number of hydrogen-bond acceptors (Lipinski definition) is 2. The molecule has 0 saturated heterocycles. The van der Waals surface area contributed by atoms with Crippen molar-refractivity contribution in [2.45, 2.75) is 11.8 Å². The van der Waals surface area contributed by atoms with E-state index in [1.165, 1.54) is 0 Å². The van der Waals surface area contributed by atoms with Crippen LogP contribution in [0.2, 0.25) is 0 Å². The van der Waals surface area contributed by atoms with Gasteiger partial charge in [-0.3, -0.25) is 0 Å². The second-order valence-corrected chi connectivity index (χ2v) is 5.13. The molecule has 2 aromatic rings. The Hall–Kier alpha value is -1.81. The van der Waals surface area contributed by atoms with Crippen LogP contribution >= 0.6 is 0 Å². The first-order chi connectivity index (χ1) is 8.69. The van der Waals surface area contributed by atoms with Gasteiger partial charge in [0.15, 0.2) is 0 Å². The molecule has 0 heterocycles. The van der Waals surface area contributed by atoms with Crippen LogP contribution in [0.4, 0.5) is 5.69 Å². The Morgan fingerprint density at radius 1 is 1.11 bits per heavy atom. The Morgan fingerprint density at radius 2 is 1.83 bits per heavy atom. The van der Waals surface area contributed by atoms with E-state index in [0.717, 1.165) is 21.9 Å². The maximum atomic E-state index is 12.1. The SMILES string of the molecule is COc1cccc(NS(=O)c2ccc(C)cc2)c1. The third kappa shape index (κ3) is 3.11. The summed E-state index contributed by atoms with van der Waals surface area (Å²) in [5, 5.41) is 0. The van der Waals surface area contributed by atoms with Crippen molar-refractivity contribution in [3.8, 4) is 5.75 Å². The highest BCUT2D eigenvalue weighted by atomic mass is 32.2. The highest BCUT2D eigenvalue weighted by molar-refractivity contribution is 7.86. The zero-order valence-electron chi connectivity index (χ0n) is 10.3. The van der Waals surface area contributed by atoms with Gasteiger partial charge in [-0.2, -0.15) is 0 Å². The summed E-state index contributed by atoms with van der Waals surface area (Å²) in [6, 6.07) is 15.0. The maximum Gasteiger partial charge on any atom is 0.150 e. The smallest absolute Gasteiger partial charge is 0.150 e. The van der Waals surface area contributed by atoms with E-state index < -0.39 is 11.0 Å².